The molecule has 0 radical (unpaired) electrons. The predicted molar refractivity (Wildman–Crippen MR) is 228 cm³/mol. The molecular weight excluding hydrogens is 952 g/mol. The summed E-state index contributed by atoms with van der Waals surface area (Å²) in [4.78, 5) is 0. The third kappa shape index (κ3) is 7.83. The van der Waals surface area contributed by atoms with Gasteiger partial charge in [-0.15, -0.1) is 0 Å². The maximum atomic E-state index is 14.1. The summed E-state index contributed by atoms with van der Waals surface area (Å²) >= 11 is -6.41. The van der Waals surface area contributed by atoms with Crippen LogP contribution < -0.4 is 0 Å². The van der Waals surface area contributed by atoms with Crippen molar-refractivity contribution >= 4 is 20.4 Å². The van der Waals surface area contributed by atoms with Gasteiger partial charge in [-0.05, 0) is 0 Å². The van der Waals surface area contributed by atoms with Crippen LogP contribution >= 0.6 is 17.2 Å². The zero-order chi connectivity index (χ0) is 43.4. The van der Waals surface area contributed by atoms with Crippen LogP contribution in [0.2, 0.25) is 3.67 Å². The molecule has 0 N–H and O–H groups in total. The number of allylic oxidation sites excluding steroid dienone is 4. The molecule has 2 aliphatic rings. The van der Waals surface area contributed by atoms with Gasteiger partial charge < -0.3 is 0 Å². The molecule has 0 heterocycles. The summed E-state index contributed by atoms with van der Waals surface area (Å²) in [5.74, 6) is 0. The number of hydrogen-bond acceptors (Lipinski definition) is 0. The molecule has 0 saturated carbocycles. The molecule has 0 amide bonds. The molecule has 2 aliphatic carbocycles. The fourth-order valence-electron chi connectivity index (χ4n) is 9.05. The third-order valence-electron chi connectivity index (χ3n) is 11.9. The molecule has 0 bridgehead atoms. The summed E-state index contributed by atoms with van der Waals surface area (Å²) in [7, 11) is 17.5. The first-order chi connectivity index (χ1) is 26.2. The summed E-state index contributed by atoms with van der Waals surface area (Å²) < 4.78 is 83.6. The van der Waals surface area contributed by atoms with Crippen LogP contribution in [0.15, 0.2) is 97.1 Å². The normalized spacial score (nSPS) is 15.9. The van der Waals surface area contributed by atoms with Crippen LogP contribution in [0.25, 0.3) is 11.1 Å². The minimum absolute atomic E-state index is 0.246. The molecule has 6 rings (SSSR count). The van der Waals surface area contributed by atoms with Gasteiger partial charge in [0.15, 0.2) is 0 Å². The predicted octanol–water partition coefficient (Wildman–Crippen LogP) is 16.2. The molecule has 0 nitrogen and oxygen atoms in total. The Labute approximate surface area is 348 Å². The molecule has 0 atom stereocenters. The van der Waals surface area contributed by atoms with Gasteiger partial charge in [0.2, 0.25) is 0 Å². The van der Waals surface area contributed by atoms with Crippen LogP contribution in [-0.2, 0) is 49.7 Å². The molecule has 310 valence electrons. The molecule has 0 saturated heterocycles. The van der Waals surface area contributed by atoms with Crippen molar-refractivity contribution in [1.82, 2.24) is 0 Å². The Balaban J connectivity index is 1.92. The summed E-state index contributed by atoms with van der Waals surface area (Å²) in [6.45, 7) is 26.2. The Morgan fingerprint density at radius 1 is 0.466 bits per heavy atom. The Morgan fingerprint density at radius 3 is 1.03 bits per heavy atom. The molecule has 0 aliphatic heterocycles. The number of benzene rings is 4. The number of halogens is 8. The van der Waals surface area contributed by atoms with E-state index in [0.717, 1.165) is 57.6 Å². The number of hydrogen-bond donors (Lipinski definition) is 0. The van der Waals surface area contributed by atoms with Crippen molar-refractivity contribution in [1.29, 1.82) is 0 Å². The first-order valence-corrected chi connectivity index (χ1v) is 34.6. The molecule has 0 aromatic heterocycles. The molecule has 4 aromatic carbocycles. The minimum atomic E-state index is -6.41. The van der Waals surface area contributed by atoms with E-state index >= 15 is 0 Å². The van der Waals surface area contributed by atoms with Gasteiger partial charge in [0.05, 0.1) is 0 Å². The van der Waals surface area contributed by atoms with Gasteiger partial charge in [0.25, 0.3) is 0 Å². The van der Waals surface area contributed by atoms with Crippen LogP contribution in [0.4, 0.5) is 26.3 Å². The number of fused-ring (bicyclic) bond motifs is 3. The average molecular weight is 1010 g/mol. The molecule has 58 heavy (non-hydrogen) atoms. The Hall–Kier alpha value is -2.74. The Bertz CT molecular complexity index is 2240. The van der Waals surface area contributed by atoms with E-state index in [1.165, 1.54) is 35.4 Å². The van der Waals surface area contributed by atoms with Gasteiger partial charge in [-0.1, -0.05) is 0 Å². The first kappa shape index (κ1) is 44.8. The average Bonchev–Trinajstić information content (AvgIpc) is 3.73. The zero-order valence-corrected chi connectivity index (χ0v) is 40.5. The van der Waals surface area contributed by atoms with E-state index in [0.29, 0.717) is 14.4 Å². The van der Waals surface area contributed by atoms with Crippen molar-refractivity contribution in [3.05, 3.63) is 153 Å². The van der Waals surface area contributed by atoms with Gasteiger partial charge in [0, 0.05) is 0 Å². The Morgan fingerprint density at radius 2 is 0.759 bits per heavy atom. The van der Waals surface area contributed by atoms with Crippen LogP contribution in [0, 0.1) is 0 Å². The monoisotopic (exact) mass is 1010 g/mol. The number of alkyl halides is 6. The van der Waals surface area contributed by atoms with Crippen molar-refractivity contribution in [3.63, 3.8) is 0 Å². The van der Waals surface area contributed by atoms with Crippen LogP contribution in [0.1, 0.15) is 142 Å². The second-order valence-corrected chi connectivity index (χ2v) is 49.8. The van der Waals surface area contributed by atoms with Gasteiger partial charge in [0.1, 0.15) is 0 Å². The van der Waals surface area contributed by atoms with E-state index in [-0.39, 0.29) is 21.7 Å². The van der Waals surface area contributed by atoms with Crippen molar-refractivity contribution in [2.45, 2.75) is 124 Å². The van der Waals surface area contributed by atoms with E-state index in [1.807, 2.05) is 24.3 Å². The second-order valence-electron chi connectivity index (χ2n) is 20.4. The topological polar surface area (TPSA) is 0 Å². The second kappa shape index (κ2) is 14.2. The SMILES string of the molecule is CC(C)(C)c1cc2c(cc1C(C)(C)C)[CH]([Hf]([Cl])([Cl])(=[C](c1ccc(C(F)(F)F)cc1)c1ccc(C(F)(F)F)cc1)[CH]1C=CC=C1)c1cc(C(C)(C)C)c(C(C)(C)C)cc1-2. The fraction of sp³-hybridized carbons (Fsp3) is 0.408. The summed E-state index contributed by atoms with van der Waals surface area (Å²) in [6.07, 6.45) is -1.54. The van der Waals surface area contributed by atoms with E-state index in [4.69, 9.17) is 17.2 Å². The standard InChI is InChI=1S/C29H41.C15H8F6.C5H5.2ClH.Hf/c1-26(2,3)22-14-18-13-19-15-23(27(4,5)6)25(29(10,11)12)17-21(19)20(18)16-24(22)28(7,8)9;16-14(17,18)12-5-1-10(2-6-12)9-11-3-7-13(8-4-11)15(19,20)21;1-2-4-5-3-1;;;/h13-17H,1-12H3;1-8H;1-5H;2*1H;/q;;;;;+2/p-2. The molecular formula is C49H54Cl2F6Hf. The van der Waals surface area contributed by atoms with Crippen molar-refractivity contribution < 1.29 is 42.0 Å². The van der Waals surface area contributed by atoms with E-state index in [2.05, 4.69) is 107 Å². The molecule has 0 spiro atoms. The fourth-order valence-corrected chi connectivity index (χ4v) is 36.8. The Kier molecular flexibility index (Phi) is 10.9. The molecule has 4 aromatic rings. The molecule has 0 unspecified atom stereocenters. The van der Waals surface area contributed by atoms with Crippen molar-refractivity contribution in [3.8, 4) is 11.1 Å². The van der Waals surface area contributed by atoms with Crippen molar-refractivity contribution in [2.24, 2.45) is 0 Å². The summed E-state index contributed by atoms with van der Waals surface area (Å²) in [5.41, 5.74) is 6.35. The summed E-state index contributed by atoms with van der Waals surface area (Å²) in [6, 6.07) is 18.6. The molecule has 0 fully saturated rings. The van der Waals surface area contributed by atoms with Gasteiger partial charge in [-0.25, -0.2) is 0 Å². The van der Waals surface area contributed by atoms with Gasteiger partial charge in [-0.3, -0.25) is 0 Å². The molecule has 9 heteroatoms. The first-order valence-electron chi connectivity index (χ1n) is 19.8. The van der Waals surface area contributed by atoms with Crippen LogP contribution in [0.5, 0.6) is 0 Å². The van der Waals surface area contributed by atoms with E-state index < -0.39 is 46.5 Å². The third-order valence-corrected chi connectivity index (χ3v) is 40.0. The zero-order valence-electron chi connectivity index (χ0n) is 35.4. The maximum absolute atomic E-state index is 14.1. The van der Waals surface area contributed by atoms with Crippen LogP contribution in [-0.4, -0.2) is 3.26 Å². The quantitative estimate of drug-likeness (QED) is 0.141. The van der Waals surface area contributed by atoms with Crippen molar-refractivity contribution in [2.75, 3.05) is 0 Å². The van der Waals surface area contributed by atoms with Gasteiger partial charge in [-0.2, -0.15) is 0 Å². The van der Waals surface area contributed by atoms with Crippen LogP contribution in [0.3, 0.4) is 0 Å². The number of rotatable bonds is 4. The van der Waals surface area contributed by atoms with E-state index in [1.54, 1.807) is 0 Å². The van der Waals surface area contributed by atoms with E-state index in [9.17, 15) is 26.3 Å². The summed E-state index contributed by atoms with van der Waals surface area (Å²) in [5, 5.41) is 0. The van der Waals surface area contributed by atoms with Gasteiger partial charge >= 0.3 is 351 Å².